The van der Waals surface area contributed by atoms with Crippen LogP contribution < -0.4 is 0 Å². The Morgan fingerprint density at radius 3 is 1.15 bits per heavy atom. The van der Waals surface area contributed by atoms with Crippen molar-refractivity contribution in [1.29, 1.82) is 0 Å². The van der Waals surface area contributed by atoms with E-state index in [1.54, 1.807) is 14.2 Å². The van der Waals surface area contributed by atoms with E-state index >= 15 is 0 Å². The van der Waals surface area contributed by atoms with E-state index in [9.17, 15) is 9.59 Å². The molecule has 196 valence electrons. The van der Waals surface area contributed by atoms with Gasteiger partial charge in [-0.15, -0.1) is 0 Å². The molecule has 0 aromatic carbocycles. The molecule has 0 heterocycles. The van der Waals surface area contributed by atoms with Gasteiger partial charge in [-0.2, -0.15) is 11.5 Å². The first-order chi connectivity index (χ1) is 15.3. The molecule has 0 aromatic heterocycles. The zero-order valence-electron chi connectivity index (χ0n) is 21.8. The minimum absolute atomic E-state index is 0. The van der Waals surface area contributed by atoms with Crippen molar-refractivity contribution in [2.75, 3.05) is 38.9 Å². The number of ether oxygens (including phenoxy) is 4. The van der Waals surface area contributed by atoms with Crippen molar-refractivity contribution in [3.05, 3.63) is 13.8 Å². The van der Waals surface area contributed by atoms with Crippen LogP contribution in [0, 0.1) is 13.8 Å². The predicted octanol–water partition coefficient (Wildman–Crippen LogP) is 4.64. The van der Waals surface area contributed by atoms with Crippen molar-refractivity contribution in [2.24, 2.45) is 0 Å². The van der Waals surface area contributed by atoms with E-state index in [0.717, 1.165) is 25.7 Å². The van der Waals surface area contributed by atoms with E-state index < -0.39 is 0 Å². The average Bonchev–Trinajstić information content (AvgIpc) is 2.81. The molecule has 0 amide bonds. The van der Waals surface area contributed by atoms with Gasteiger partial charge < -0.3 is 44.2 Å². The molecule has 33 heavy (non-hydrogen) atoms. The smallest absolute Gasteiger partial charge is 0.792 e. The quantitative estimate of drug-likeness (QED) is 0.159. The van der Waals surface area contributed by atoms with Crippen molar-refractivity contribution in [2.45, 2.75) is 91.3 Å². The van der Waals surface area contributed by atoms with Gasteiger partial charge in [0.1, 0.15) is 13.2 Å². The Morgan fingerprint density at radius 2 is 1.00 bits per heavy atom. The molecular formula is C24H48O6S2Sn. The zero-order chi connectivity index (χ0) is 25.6. The van der Waals surface area contributed by atoms with Crippen LogP contribution >= 0.6 is 0 Å². The summed E-state index contributed by atoms with van der Waals surface area (Å²) >= 11 is 9.27. The van der Waals surface area contributed by atoms with Crippen LogP contribution in [0.2, 0.25) is 0 Å². The monoisotopic (exact) mass is 616 g/mol. The summed E-state index contributed by atoms with van der Waals surface area (Å²) in [5, 5.41) is 0. The third-order valence-electron chi connectivity index (χ3n) is 3.76. The SMILES string of the molecule is CCC(COC(=O)CC[S-])OC.CCC(COC(=O)CC[S-])OC.[CH2]CCC.[CH2]CCC.[Sn+2]. The number of esters is 2. The Kier molecular flexibility index (Phi) is 52.1. The van der Waals surface area contributed by atoms with Gasteiger partial charge in [-0.3, -0.25) is 9.59 Å². The normalized spacial score (nSPS) is 11.0. The van der Waals surface area contributed by atoms with Crippen molar-refractivity contribution in [1.82, 2.24) is 0 Å². The maximum Gasteiger partial charge on any atom is 2.00 e. The van der Waals surface area contributed by atoms with Crippen molar-refractivity contribution < 1.29 is 28.5 Å². The molecule has 2 atom stereocenters. The summed E-state index contributed by atoms with van der Waals surface area (Å²) in [5.41, 5.74) is 0. The fraction of sp³-hybridized carbons (Fsp3) is 0.833. The van der Waals surface area contributed by atoms with Gasteiger partial charge in [-0.1, -0.05) is 67.2 Å². The Balaban J connectivity index is -0.000000117. The first kappa shape index (κ1) is 43.4. The molecule has 4 radical (unpaired) electrons. The molecule has 0 saturated heterocycles. The number of carbonyl (C=O) groups excluding carboxylic acids is 2. The molecule has 0 aromatic rings. The summed E-state index contributed by atoms with van der Waals surface area (Å²) < 4.78 is 19.8. The van der Waals surface area contributed by atoms with Crippen molar-refractivity contribution in [3.63, 3.8) is 0 Å². The van der Waals surface area contributed by atoms with Crippen LogP contribution in [0.3, 0.4) is 0 Å². The van der Waals surface area contributed by atoms with Gasteiger partial charge in [0, 0.05) is 27.1 Å². The van der Waals surface area contributed by atoms with E-state index in [1.165, 1.54) is 12.8 Å². The predicted molar refractivity (Wildman–Crippen MR) is 144 cm³/mol. The van der Waals surface area contributed by atoms with Crippen LogP contribution in [0.15, 0.2) is 0 Å². The molecule has 0 spiro atoms. The fourth-order valence-electron chi connectivity index (χ4n) is 1.39. The van der Waals surface area contributed by atoms with E-state index in [4.69, 9.17) is 18.9 Å². The summed E-state index contributed by atoms with van der Waals surface area (Å²) in [7, 11) is 3.21. The Morgan fingerprint density at radius 1 is 0.727 bits per heavy atom. The van der Waals surface area contributed by atoms with Crippen molar-refractivity contribution >= 4 is 61.1 Å². The van der Waals surface area contributed by atoms with Gasteiger partial charge in [0.25, 0.3) is 0 Å². The number of methoxy groups -OCH3 is 2. The van der Waals surface area contributed by atoms with Crippen molar-refractivity contribution in [3.8, 4) is 0 Å². The number of hydrogen-bond acceptors (Lipinski definition) is 8. The molecule has 0 bridgehead atoms. The number of rotatable bonds is 14. The Hall–Kier alpha value is 0.359. The van der Waals surface area contributed by atoms with Crippen LogP contribution in [0.5, 0.6) is 0 Å². The Labute approximate surface area is 232 Å². The molecule has 0 aliphatic rings. The van der Waals surface area contributed by atoms with Gasteiger partial charge >= 0.3 is 35.8 Å². The topological polar surface area (TPSA) is 71.1 Å². The maximum absolute atomic E-state index is 10.8. The third kappa shape index (κ3) is 42.9. The second-order valence-electron chi connectivity index (χ2n) is 6.51. The summed E-state index contributed by atoms with van der Waals surface area (Å²) in [5.74, 6) is 0.367. The molecule has 9 heteroatoms. The van der Waals surface area contributed by atoms with E-state index in [2.05, 4.69) is 53.0 Å². The van der Waals surface area contributed by atoms with E-state index in [0.29, 0.717) is 37.6 Å². The number of unbranched alkanes of at least 4 members (excludes halogenated alkanes) is 2. The minimum Gasteiger partial charge on any atom is -0.792 e. The molecule has 0 fully saturated rings. The van der Waals surface area contributed by atoms with Gasteiger partial charge in [-0.25, -0.2) is 0 Å². The van der Waals surface area contributed by atoms with E-state index in [-0.39, 0.29) is 48.1 Å². The minimum atomic E-state index is -0.236. The molecule has 2 unspecified atom stereocenters. The second-order valence-corrected chi connectivity index (χ2v) is 7.33. The summed E-state index contributed by atoms with van der Waals surface area (Å²) in [6.07, 6.45) is 6.90. The van der Waals surface area contributed by atoms with Crippen LogP contribution in [-0.2, 0) is 53.8 Å². The molecule has 0 rings (SSSR count). The number of hydrogen-bond donors (Lipinski definition) is 0. The first-order valence-corrected chi connectivity index (χ1v) is 12.6. The molecule has 6 nitrogen and oxygen atoms in total. The first-order valence-electron chi connectivity index (χ1n) is 11.4. The van der Waals surface area contributed by atoms with Gasteiger partial charge in [0.05, 0.1) is 12.2 Å². The second kappa shape index (κ2) is 39.6. The molecular weight excluding hydrogens is 567 g/mol. The molecule has 0 N–H and O–H groups in total. The fourth-order valence-corrected chi connectivity index (χ4v) is 1.72. The Bertz CT molecular complexity index is 331. The van der Waals surface area contributed by atoms with Gasteiger partial charge in [0.2, 0.25) is 0 Å². The largest absolute Gasteiger partial charge is 2.00 e. The van der Waals surface area contributed by atoms with Crippen LogP contribution in [0.1, 0.15) is 79.1 Å². The summed E-state index contributed by atoms with van der Waals surface area (Å²) in [4.78, 5) is 21.7. The van der Waals surface area contributed by atoms with Crippen LogP contribution in [0.25, 0.3) is 0 Å². The van der Waals surface area contributed by atoms with Crippen LogP contribution in [0.4, 0.5) is 0 Å². The standard InChI is InChI=1S/2C8H16O3S.2C4H9.Sn/c2*1-3-7(10-2)6-11-8(9)4-5-12;2*1-3-4-2;/h2*7,12H,3-6H2,1-2H3;2*1,3-4H2,2H3;/q;;;;+2/p-2. The third-order valence-corrected chi connectivity index (χ3v) is 4.17. The van der Waals surface area contributed by atoms with E-state index in [1.807, 2.05) is 13.8 Å². The average molecular weight is 615 g/mol. The van der Waals surface area contributed by atoms with Gasteiger partial charge in [0.15, 0.2) is 0 Å². The zero-order valence-corrected chi connectivity index (χ0v) is 26.3. The molecule has 0 aliphatic heterocycles. The summed E-state index contributed by atoms with van der Waals surface area (Å²) in [6.45, 7) is 16.1. The molecule has 0 saturated carbocycles. The van der Waals surface area contributed by atoms with Gasteiger partial charge in [-0.05, 0) is 12.8 Å². The number of carbonyl (C=O) groups is 2. The summed E-state index contributed by atoms with van der Waals surface area (Å²) in [6, 6.07) is 0. The molecule has 0 aliphatic carbocycles. The maximum atomic E-state index is 10.8. The van der Waals surface area contributed by atoms with Crippen LogP contribution in [-0.4, -0.2) is 87.0 Å².